The average Bonchev–Trinajstić information content (AvgIpc) is 2.68. The topological polar surface area (TPSA) is 48.0 Å². The number of benzene rings is 2. The molecule has 1 fully saturated rings. The van der Waals surface area contributed by atoms with Gasteiger partial charge in [-0.15, -0.1) is 0 Å². The molecule has 4 rings (SSSR count). The van der Waals surface area contributed by atoms with Gasteiger partial charge in [0.05, 0.1) is 13.2 Å². The molecule has 2 aliphatic heterocycles. The second kappa shape index (κ2) is 6.72. The van der Waals surface area contributed by atoms with Crippen molar-refractivity contribution in [3.05, 3.63) is 59.9 Å². The Hall–Kier alpha value is -2.60. The number of nitrogens with zero attached hydrogens (tertiary/aromatic N) is 1. The van der Waals surface area contributed by atoms with E-state index in [4.69, 9.17) is 14.2 Å². The van der Waals surface area contributed by atoms with Crippen molar-refractivity contribution in [2.45, 2.75) is 12.2 Å². The summed E-state index contributed by atoms with van der Waals surface area (Å²) in [5.74, 6) is 0.817. The predicted molar refractivity (Wildman–Crippen MR) is 88.0 cm³/mol. The maximum Gasteiger partial charge on any atom is 0.267 e. The molecular formula is C19H18FNO4. The summed E-state index contributed by atoms with van der Waals surface area (Å²) < 4.78 is 30.3. The molecule has 1 saturated heterocycles. The quantitative estimate of drug-likeness (QED) is 0.841. The molecular weight excluding hydrogens is 325 g/mol. The fraction of sp³-hybridized carbons (Fsp3) is 0.316. The molecule has 2 aromatic rings. The van der Waals surface area contributed by atoms with Gasteiger partial charge in [0.2, 0.25) is 6.10 Å². The lowest BCUT2D eigenvalue weighted by molar-refractivity contribution is -0.148. The molecule has 6 heteroatoms. The van der Waals surface area contributed by atoms with Crippen LogP contribution in [0.3, 0.4) is 0 Å². The van der Waals surface area contributed by atoms with E-state index in [2.05, 4.69) is 0 Å². The van der Waals surface area contributed by atoms with E-state index in [1.165, 1.54) is 12.1 Å². The fourth-order valence-corrected chi connectivity index (χ4v) is 3.07. The van der Waals surface area contributed by atoms with E-state index in [1.807, 2.05) is 18.2 Å². The Morgan fingerprint density at radius 2 is 1.84 bits per heavy atom. The van der Waals surface area contributed by atoms with Crippen LogP contribution in [0.15, 0.2) is 48.5 Å². The summed E-state index contributed by atoms with van der Waals surface area (Å²) in [6, 6.07) is 13.5. The molecule has 0 radical (unpaired) electrons. The first kappa shape index (κ1) is 15.9. The van der Waals surface area contributed by atoms with Gasteiger partial charge in [-0.3, -0.25) is 4.79 Å². The minimum Gasteiger partial charge on any atom is -0.485 e. The molecule has 0 aromatic heterocycles. The van der Waals surface area contributed by atoms with Gasteiger partial charge in [0.1, 0.15) is 18.5 Å². The monoisotopic (exact) mass is 343 g/mol. The molecule has 2 heterocycles. The Morgan fingerprint density at radius 1 is 1.08 bits per heavy atom. The maximum absolute atomic E-state index is 13.1. The van der Waals surface area contributed by atoms with Gasteiger partial charge >= 0.3 is 0 Å². The van der Waals surface area contributed by atoms with E-state index in [9.17, 15) is 9.18 Å². The van der Waals surface area contributed by atoms with Crippen molar-refractivity contribution in [1.82, 2.24) is 4.90 Å². The number of amides is 1. The van der Waals surface area contributed by atoms with Gasteiger partial charge in [0, 0.05) is 6.54 Å². The minimum absolute atomic E-state index is 0.120. The van der Waals surface area contributed by atoms with Crippen LogP contribution < -0.4 is 9.47 Å². The summed E-state index contributed by atoms with van der Waals surface area (Å²) >= 11 is 0. The molecule has 2 unspecified atom stereocenters. The van der Waals surface area contributed by atoms with Gasteiger partial charge in [-0.2, -0.15) is 0 Å². The molecule has 0 spiro atoms. The van der Waals surface area contributed by atoms with Crippen LogP contribution in [0.1, 0.15) is 11.7 Å². The standard InChI is InChI=1S/C19H18FNO4/c20-14-7-5-13(6-8-14)17-11-21(9-10-23-17)19(22)18-12-24-15-3-1-2-4-16(15)25-18/h1-8,17-18H,9-12H2. The number of carbonyl (C=O) groups excluding carboxylic acids is 1. The van der Waals surface area contributed by atoms with Gasteiger partial charge in [0.15, 0.2) is 11.5 Å². The number of fused-ring (bicyclic) bond motifs is 1. The number of carbonyl (C=O) groups is 1. The van der Waals surface area contributed by atoms with Gasteiger partial charge in [-0.05, 0) is 29.8 Å². The third kappa shape index (κ3) is 3.30. The number of rotatable bonds is 2. The summed E-state index contributed by atoms with van der Waals surface area (Å²) in [5, 5.41) is 0. The number of hydrogen-bond donors (Lipinski definition) is 0. The van der Waals surface area contributed by atoms with Crippen LogP contribution in [0, 0.1) is 5.82 Å². The van der Waals surface area contributed by atoms with Crippen molar-refractivity contribution < 1.29 is 23.4 Å². The number of para-hydroxylation sites is 2. The van der Waals surface area contributed by atoms with E-state index in [0.717, 1.165) is 5.56 Å². The van der Waals surface area contributed by atoms with Crippen molar-refractivity contribution in [2.24, 2.45) is 0 Å². The molecule has 5 nitrogen and oxygen atoms in total. The fourth-order valence-electron chi connectivity index (χ4n) is 3.07. The zero-order valence-corrected chi connectivity index (χ0v) is 13.6. The number of halogens is 1. The van der Waals surface area contributed by atoms with Crippen LogP contribution in [0.5, 0.6) is 11.5 Å². The lowest BCUT2D eigenvalue weighted by atomic mass is 10.1. The van der Waals surface area contributed by atoms with E-state index < -0.39 is 6.10 Å². The highest BCUT2D eigenvalue weighted by Crippen LogP contribution is 2.32. The Labute approximate surface area is 144 Å². The molecule has 25 heavy (non-hydrogen) atoms. The SMILES string of the molecule is O=C(C1COc2ccccc2O1)N1CCOC(c2ccc(F)cc2)C1. The summed E-state index contributed by atoms with van der Waals surface area (Å²) in [6.45, 7) is 1.52. The average molecular weight is 343 g/mol. The van der Waals surface area contributed by atoms with E-state index in [-0.39, 0.29) is 24.4 Å². The van der Waals surface area contributed by atoms with E-state index >= 15 is 0 Å². The molecule has 0 saturated carbocycles. The largest absolute Gasteiger partial charge is 0.485 e. The molecule has 0 bridgehead atoms. The van der Waals surface area contributed by atoms with Gasteiger partial charge in [-0.25, -0.2) is 4.39 Å². The van der Waals surface area contributed by atoms with Gasteiger partial charge in [-0.1, -0.05) is 24.3 Å². The lowest BCUT2D eigenvalue weighted by Crippen LogP contribution is -2.50. The first-order chi connectivity index (χ1) is 12.2. The highest BCUT2D eigenvalue weighted by molar-refractivity contribution is 5.82. The van der Waals surface area contributed by atoms with Crippen molar-refractivity contribution in [3.8, 4) is 11.5 Å². The Morgan fingerprint density at radius 3 is 2.64 bits per heavy atom. The molecule has 2 aliphatic rings. The first-order valence-electron chi connectivity index (χ1n) is 8.25. The third-order valence-electron chi connectivity index (χ3n) is 4.40. The molecule has 0 N–H and O–H groups in total. The lowest BCUT2D eigenvalue weighted by Gasteiger charge is -2.36. The molecule has 130 valence electrons. The predicted octanol–water partition coefficient (Wildman–Crippen LogP) is 2.57. The van der Waals surface area contributed by atoms with Crippen molar-refractivity contribution in [3.63, 3.8) is 0 Å². The van der Waals surface area contributed by atoms with Crippen LogP contribution in [0.4, 0.5) is 4.39 Å². The van der Waals surface area contributed by atoms with Crippen LogP contribution in [-0.4, -0.2) is 43.2 Å². The molecule has 1 amide bonds. The van der Waals surface area contributed by atoms with Crippen LogP contribution >= 0.6 is 0 Å². The summed E-state index contributed by atoms with van der Waals surface area (Å²) in [6.07, 6.45) is -0.933. The first-order valence-corrected chi connectivity index (χ1v) is 8.25. The zero-order chi connectivity index (χ0) is 17.2. The van der Waals surface area contributed by atoms with Gasteiger partial charge < -0.3 is 19.1 Å². The van der Waals surface area contributed by atoms with Crippen LogP contribution in [-0.2, 0) is 9.53 Å². The Bertz CT molecular complexity index is 764. The second-order valence-corrected chi connectivity index (χ2v) is 6.06. The van der Waals surface area contributed by atoms with Gasteiger partial charge in [0.25, 0.3) is 5.91 Å². The van der Waals surface area contributed by atoms with Crippen LogP contribution in [0.2, 0.25) is 0 Å². The van der Waals surface area contributed by atoms with Crippen molar-refractivity contribution in [1.29, 1.82) is 0 Å². The van der Waals surface area contributed by atoms with Crippen LogP contribution in [0.25, 0.3) is 0 Å². The van der Waals surface area contributed by atoms with Crippen molar-refractivity contribution >= 4 is 5.91 Å². The normalized spacial score (nSPS) is 22.5. The zero-order valence-electron chi connectivity index (χ0n) is 13.6. The highest BCUT2D eigenvalue weighted by Gasteiger charge is 2.34. The smallest absolute Gasteiger partial charge is 0.267 e. The summed E-state index contributed by atoms with van der Waals surface area (Å²) in [7, 11) is 0. The molecule has 0 aliphatic carbocycles. The van der Waals surface area contributed by atoms with E-state index in [0.29, 0.717) is 31.2 Å². The second-order valence-electron chi connectivity index (χ2n) is 6.06. The molecule has 2 aromatic carbocycles. The number of hydrogen-bond acceptors (Lipinski definition) is 4. The Kier molecular flexibility index (Phi) is 4.28. The summed E-state index contributed by atoms with van der Waals surface area (Å²) in [4.78, 5) is 14.5. The Balaban J connectivity index is 1.44. The van der Waals surface area contributed by atoms with Crippen molar-refractivity contribution in [2.75, 3.05) is 26.3 Å². The minimum atomic E-state index is -0.665. The third-order valence-corrected chi connectivity index (χ3v) is 4.40. The maximum atomic E-state index is 13.1. The highest BCUT2D eigenvalue weighted by atomic mass is 19.1. The van der Waals surface area contributed by atoms with E-state index in [1.54, 1.807) is 23.1 Å². The number of ether oxygens (including phenoxy) is 3. The molecule has 2 atom stereocenters. The number of morpholine rings is 1. The summed E-state index contributed by atoms with van der Waals surface area (Å²) in [5.41, 5.74) is 0.852.